The Morgan fingerprint density at radius 3 is 2.04 bits per heavy atom. The summed E-state index contributed by atoms with van der Waals surface area (Å²) >= 11 is 0. The number of hydrogen-bond acceptors (Lipinski definition) is 5. The summed E-state index contributed by atoms with van der Waals surface area (Å²) in [5.74, 6) is 0.592. The Bertz CT molecular complexity index is 899. The second-order valence-corrected chi connectivity index (χ2v) is 5.43. The lowest BCUT2D eigenvalue weighted by molar-refractivity contribution is -0.114. The van der Waals surface area contributed by atoms with Gasteiger partial charge in [0.05, 0.1) is 0 Å². The third-order valence-corrected chi connectivity index (χ3v) is 3.40. The van der Waals surface area contributed by atoms with E-state index in [1.165, 1.54) is 6.92 Å². The number of anilines is 2. The third-order valence-electron chi connectivity index (χ3n) is 3.40. The zero-order chi connectivity index (χ0) is 17.8. The van der Waals surface area contributed by atoms with Crippen LogP contribution < -0.4 is 10.6 Å². The molecule has 3 aromatic rings. The highest BCUT2D eigenvalue weighted by Gasteiger charge is 2.09. The average molecular weight is 336 g/mol. The van der Waals surface area contributed by atoms with Crippen molar-refractivity contribution in [3.63, 3.8) is 0 Å². The Kier molecular flexibility index (Phi) is 4.56. The van der Waals surface area contributed by atoms with E-state index in [1.807, 2.05) is 0 Å². The molecule has 25 heavy (non-hydrogen) atoms. The number of aryl methyl sites for hydroxylation is 1. The van der Waals surface area contributed by atoms with Crippen molar-refractivity contribution in [3.05, 3.63) is 60.0 Å². The van der Waals surface area contributed by atoms with Gasteiger partial charge in [-0.1, -0.05) is 17.3 Å². The Morgan fingerprint density at radius 2 is 1.52 bits per heavy atom. The molecule has 0 fully saturated rings. The first kappa shape index (κ1) is 16.4. The van der Waals surface area contributed by atoms with Crippen LogP contribution in [0.3, 0.4) is 0 Å². The lowest BCUT2D eigenvalue weighted by Crippen LogP contribution is -2.12. The van der Waals surface area contributed by atoms with Gasteiger partial charge in [0, 0.05) is 36.3 Å². The SMILES string of the molecule is CC(=O)Nc1ccc(NC(=O)c2ccc(-c3noc(C)n3)cc2)cc1. The third kappa shape index (κ3) is 4.08. The number of rotatable bonds is 4. The van der Waals surface area contributed by atoms with Crippen LogP contribution in [-0.4, -0.2) is 22.0 Å². The van der Waals surface area contributed by atoms with Crippen LogP contribution in [0.1, 0.15) is 23.2 Å². The van der Waals surface area contributed by atoms with Crippen molar-refractivity contribution in [1.29, 1.82) is 0 Å². The zero-order valence-electron chi connectivity index (χ0n) is 13.7. The highest BCUT2D eigenvalue weighted by molar-refractivity contribution is 6.04. The molecular weight excluding hydrogens is 320 g/mol. The summed E-state index contributed by atoms with van der Waals surface area (Å²) < 4.78 is 4.94. The minimum Gasteiger partial charge on any atom is -0.339 e. The van der Waals surface area contributed by atoms with Gasteiger partial charge in [-0.15, -0.1) is 0 Å². The smallest absolute Gasteiger partial charge is 0.255 e. The van der Waals surface area contributed by atoms with E-state index in [1.54, 1.807) is 55.5 Å². The first-order valence-electron chi connectivity index (χ1n) is 7.61. The average Bonchev–Trinajstić information content (AvgIpc) is 3.03. The molecule has 2 N–H and O–H groups in total. The Balaban J connectivity index is 1.67. The van der Waals surface area contributed by atoms with Crippen LogP contribution in [0.15, 0.2) is 53.1 Å². The fourth-order valence-electron chi connectivity index (χ4n) is 2.23. The van der Waals surface area contributed by atoms with Gasteiger partial charge in [-0.3, -0.25) is 9.59 Å². The molecule has 0 bridgehead atoms. The number of amides is 2. The quantitative estimate of drug-likeness (QED) is 0.762. The van der Waals surface area contributed by atoms with Crippen molar-refractivity contribution < 1.29 is 14.1 Å². The molecule has 0 spiro atoms. The summed E-state index contributed by atoms with van der Waals surface area (Å²) in [4.78, 5) is 27.4. The first-order chi connectivity index (χ1) is 12.0. The molecule has 126 valence electrons. The van der Waals surface area contributed by atoms with Crippen molar-refractivity contribution in [3.8, 4) is 11.4 Å². The van der Waals surface area contributed by atoms with Crippen molar-refractivity contribution in [2.45, 2.75) is 13.8 Å². The van der Waals surface area contributed by atoms with Crippen LogP contribution in [0.5, 0.6) is 0 Å². The second-order valence-electron chi connectivity index (χ2n) is 5.43. The van der Waals surface area contributed by atoms with E-state index >= 15 is 0 Å². The molecule has 2 aromatic carbocycles. The summed E-state index contributed by atoms with van der Waals surface area (Å²) in [5.41, 5.74) is 2.59. The lowest BCUT2D eigenvalue weighted by atomic mass is 10.1. The van der Waals surface area contributed by atoms with E-state index in [0.29, 0.717) is 28.7 Å². The topological polar surface area (TPSA) is 97.1 Å². The molecule has 0 aliphatic heterocycles. The summed E-state index contributed by atoms with van der Waals surface area (Å²) in [7, 11) is 0. The number of nitrogens with one attached hydrogen (secondary N) is 2. The van der Waals surface area contributed by atoms with E-state index in [2.05, 4.69) is 20.8 Å². The largest absolute Gasteiger partial charge is 0.339 e. The number of aromatic nitrogens is 2. The summed E-state index contributed by atoms with van der Waals surface area (Å²) in [5, 5.41) is 9.31. The number of carbonyl (C=O) groups is 2. The van der Waals surface area contributed by atoms with Crippen LogP contribution in [0.4, 0.5) is 11.4 Å². The summed E-state index contributed by atoms with van der Waals surface area (Å²) in [6, 6.07) is 13.8. The Hall–Kier alpha value is -3.48. The molecule has 0 aliphatic carbocycles. The minimum atomic E-state index is -0.233. The molecule has 7 nitrogen and oxygen atoms in total. The van der Waals surface area contributed by atoms with Gasteiger partial charge in [0.1, 0.15) is 0 Å². The molecule has 2 amide bonds. The standard InChI is InChI=1S/C18H16N4O3/c1-11(23)19-15-7-9-16(10-8-15)21-18(24)14-5-3-13(4-6-14)17-20-12(2)25-22-17/h3-10H,1-2H3,(H,19,23)(H,21,24). The molecule has 3 rings (SSSR count). The van der Waals surface area contributed by atoms with Gasteiger partial charge in [0.15, 0.2) is 0 Å². The number of benzene rings is 2. The summed E-state index contributed by atoms with van der Waals surface area (Å²) in [6.45, 7) is 3.16. The lowest BCUT2D eigenvalue weighted by Gasteiger charge is -2.07. The fourth-order valence-corrected chi connectivity index (χ4v) is 2.23. The van der Waals surface area contributed by atoms with Crippen molar-refractivity contribution >= 4 is 23.2 Å². The van der Waals surface area contributed by atoms with Gasteiger partial charge in [-0.2, -0.15) is 4.98 Å². The predicted octanol–water partition coefficient (Wildman–Crippen LogP) is 3.26. The van der Waals surface area contributed by atoms with Gasteiger partial charge in [0.2, 0.25) is 17.6 Å². The van der Waals surface area contributed by atoms with Crippen LogP contribution in [0, 0.1) is 6.92 Å². The van der Waals surface area contributed by atoms with Crippen molar-refractivity contribution in [2.24, 2.45) is 0 Å². The van der Waals surface area contributed by atoms with Crippen LogP contribution in [-0.2, 0) is 4.79 Å². The molecule has 0 saturated heterocycles. The number of carbonyl (C=O) groups excluding carboxylic acids is 2. The maximum atomic E-state index is 12.3. The molecule has 0 saturated carbocycles. The van der Waals surface area contributed by atoms with Gasteiger partial charge >= 0.3 is 0 Å². The van der Waals surface area contributed by atoms with Crippen LogP contribution in [0.2, 0.25) is 0 Å². The molecule has 1 heterocycles. The maximum Gasteiger partial charge on any atom is 0.255 e. The highest BCUT2D eigenvalue weighted by atomic mass is 16.5. The van der Waals surface area contributed by atoms with E-state index in [9.17, 15) is 9.59 Å². The predicted molar refractivity (Wildman–Crippen MR) is 93.2 cm³/mol. The molecule has 0 unspecified atom stereocenters. The monoisotopic (exact) mass is 336 g/mol. The molecule has 1 aromatic heterocycles. The van der Waals surface area contributed by atoms with E-state index in [0.717, 1.165) is 5.56 Å². The molecule has 7 heteroatoms. The van der Waals surface area contributed by atoms with Gasteiger partial charge < -0.3 is 15.2 Å². The van der Waals surface area contributed by atoms with E-state index < -0.39 is 0 Å². The number of hydrogen-bond donors (Lipinski definition) is 2. The van der Waals surface area contributed by atoms with Gasteiger partial charge in [-0.25, -0.2) is 0 Å². The van der Waals surface area contributed by atoms with Crippen LogP contribution in [0.25, 0.3) is 11.4 Å². The summed E-state index contributed by atoms with van der Waals surface area (Å²) in [6.07, 6.45) is 0. The molecule has 0 aliphatic rings. The van der Waals surface area contributed by atoms with E-state index in [4.69, 9.17) is 4.52 Å². The number of nitrogens with zero attached hydrogens (tertiary/aromatic N) is 2. The first-order valence-corrected chi connectivity index (χ1v) is 7.61. The van der Waals surface area contributed by atoms with Gasteiger partial charge in [0.25, 0.3) is 5.91 Å². The second kappa shape index (κ2) is 6.96. The zero-order valence-corrected chi connectivity index (χ0v) is 13.7. The Morgan fingerprint density at radius 1 is 0.920 bits per heavy atom. The molecular formula is C18H16N4O3. The van der Waals surface area contributed by atoms with Gasteiger partial charge in [-0.05, 0) is 36.4 Å². The van der Waals surface area contributed by atoms with Crippen LogP contribution >= 0.6 is 0 Å². The van der Waals surface area contributed by atoms with Crippen molar-refractivity contribution in [2.75, 3.05) is 10.6 Å². The van der Waals surface area contributed by atoms with E-state index in [-0.39, 0.29) is 11.8 Å². The molecule has 0 atom stereocenters. The van der Waals surface area contributed by atoms with Crippen molar-refractivity contribution in [1.82, 2.24) is 10.1 Å². The normalized spacial score (nSPS) is 10.3. The minimum absolute atomic E-state index is 0.145. The Labute approximate surface area is 144 Å². The highest BCUT2D eigenvalue weighted by Crippen LogP contribution is 2.18. The molecule has 0 radical (unpaired) electrons. The fraction of sp³-hybridized carbons (Fsp3) is 0.111. The maximum absolute atomic E-state index is 12.3.